The second-order valence-corrected chi connectivity index (χ2v) is 7.40. The maximum absolute atomic E-state index is 12.3. The Morgan fingerprint density at radius 2 is 1.82 bits per heavy atom. The Morgan fingerprint density at radius 1 is 1.07 bits per heavy atom. The van der Waals surface area contributed by atoms with E-state index in [0.717, 1.165) is 43.7 Å². The molecule has 0 aliphatic carbocycles. The van der Waals surface area contributed by atoms with E-state index in [4.69, 9.17) is 0 Å². The number of hydrogen-bond acceptors (Lipinski definition) is 5. The number of anilines is 3. The summed E-state index contributed by atoms with van der Waals surface area (Å²) in [6.07, 6.45) is 7.09. The van der Waals surface area contributed by atoms with Crippen LogP contribution in [0.4, 0.5) is 17.3 Å². The Morgan fingerprint density at radius 3 is 2.54 bits per heavy atom. The molecule has 0 radical (unpaired) electrons. The monoisotopic (exact) mass is 381 g/mol. The third kappa shape index (κ3) is 5.68. The standard InChI is InChI=1S/C22H31N5O/c1-3-4-6-13-23-21(28)20-16-17(2)24-22(26-20)25-18-9-11-19(12-10-18)27-14-7-5-8-15-27/h9-12,16H,3-8,13-15H2,1-2H3,(H,23,28)(H,24,25,26). The Kier molecular flexibility index (Phi) is 7.23. The fourth-order valence-corrected chi connectivity index (χ4v) is 3.45. The van der Waals surface area contributed by atoms with Crippen molar-refractivity contribution >= 4 is 23.2 Å². The summed E-state index contributed by atoms with van der Waals surface area (Å²) in [6.45, 7) is 6.96. The van der Waals surface area contributed by atoms with Crippen molar-refractivity contribution in [1.82, 2.24) is 15.3 Å². The molecule has 2 aromatic rings. The summed E-state index contributed by atoms with van der Waals surface area (Å²) in [5.74, 6) is 0.300. The highest BCUT2D eigenvalue weighted by Gasteiger charge is 2.12. The van der Waals surface area contributed by atoms with Gasteiger partial charge >= 0.3 is 0 Å². The molecule has 0 saturated carbocycles. The van der Waals surface area contributed by atoms with Gasteiger partial charge in [0.25, 0.3) is 5.91 Å². The van der Waals surface area contributed by atoms with Crippen LogP contribution in [0.3, 0.4) is 0 Å². The summed E-state index contributed by atoms with van der Waals surface area (Å²) in [7, 11) is 0. The van der Waals surface area contributed by atoms with E-state index in [2.05, 4.69) is 44.6 Å². The first-order valence-electron chi connectivity index (χ1n) is 10.4. The molecule has 6 nitrogen and oxygen atoms in total. The molecular weight excluding hydrogens is 350 g/mol. The molecule has 1 aliphatic heterocycles. The van der Waals surface area contributed by atoms with Gasteiger partial charge in [-0.05, 0) is 62.9 Å². The highest BCUT2D eigenvalue weighted by atomic mass is 16.1. The molecular formula is C22H31N5O. The number of piperidine rings is 1. The van der Waals surface area contributed by atoms with Gasteiger partial charge < -0.3 is 15.5 Å². The molecule has 0 spiro atoms. The summed E-state index contributed by atoms with van der Waals surface area (Å²) >= 11 is 0. The lowest BCUT2D eigenvalue weighted by atomic mass is 10.1. The molecule has 1 aromatic heterocycles. The number of carbonyl (C=O) groups is 1. The predicted molar refractivity (Wildman–Crippen MR) is 114 cm³/mol. The lowest BCUT2D eigenvalue weighted by molar-refractivity contribution is 0.0948. The van der Waals surface area contributed by atoms with E-state index in [1.807, 2.05) is 19.1 Å². The summed E-state index contributed by atoms with van der Waals surface area (Å²) in [6, 6.07) is 10.1. The van der Waals surface area contributed by atoms with Gasteiger partial charge in [0.15, 0.2) is 0 Å². The van der Waals surface area contributed by atoms with Crippen molar-refractivity contribution in [3.63, 3.8) is 0 Å². The quantitative estimate of drug-likeness (QED) is 0.662. The first kappa shape index (κ1) is 20.1. The SMILES string of the molecule is CCCCCNC(=O)c1cc(C)nc(Nc2ccc(N3CCCCC3)cc2)n1. The Labute approximate surface area is 167 Å². The van der Waals surface area contributed by atoms with Crippen molar-refractivity contribution in [2.75, 3.05) is 29.9 Å². The summed E-state index contributed by atoms with van der Waals surface area (Å²) in [5.41, 5.74) is 3.33. The normalized spacial score (nSPS) is 14.0. The predicted octanol–water partition coefficient (Wildman–Crippen LogP) is 4.44. The number of nitrogens with one attached hydrogen (secondary N) is 2. The molecule has 0 bridgehead atoms. The molecule has 2 N–H and O–H groups in total. The molecule has 150 valence electrons. The zero-order chi connectivity index (χ0) is 19.8. The van der Waals surface area contributed by atoms with Gasteiger partial charge in [0.2, 0.25) is 5.95 Å². The molecule has 0 atom stereocenters. The van der Waals surface area contributed by atoms with Gasteiger partial charge in [-0.2, -0.15) is 0 Å². The van der Waals surface area contributed by atoms with Gasteiger partial charge in [0, 0.05) is 36.7 Å². The van der Waals surface area contributed by atoms with Crippen LogP contribution >= 0.6 is 0 Å². The number of carbonyl (C=O) groups excluding carboxylic acids is 1. The zero-order valence-electron chi connectivity index (χ0n) is 17.0. The minimum absolute atomic E-state index is 0.148. The molecule has 2 heterocycles. The molecule has 28 heavy (non-hydrogen) atoms. The van der Waals surface area contributed by atoms with Crippen molar-refractivity contribution in [2.45, 2.75) is 52.4 Å². The minimum Gasteiger partial charge on any atom is -0.372 e. The van der Waals surface area contributed by atoms with Crippen LogP contribution in [-0.4, -0.2) is 35.5 Å². The Balaban J connectivity index is 1.63. The van der Waals surface area contributed by atoms with E-state index in [0.29, 0.717) is 18.2 Å². The highest BCUT2D eigenvalue weighted by Crippen LogP contribution is 2.23. The molecule has 3 rings (SSSR count). The number of nitrogens with zero attached hydrogens (tertiary/aromatic N) is 3. The molecule has 1 amide bonds. The summed E-state index contributed by atoms with van der Waals surface area (Å²) < 4.78 is 0. The highest BCUT2D eigenvalue weighted by molar-refractivity contribution is 5.92. The number of aryl methyl sites for hydroxylation is 1. The Bertz CT molecular complexity index is 769. The fraction of sp³-hybridized carbons (Fsp3) is 0.500. The van der Waals surface area contributed by atoms with Crippen LogP contribution in [0.2, 0.25) is 0 Å². The van der Waals surface area contributed by atoms with Crippen LogP contribution in [0.1, 0.15) is 61.6 Å². The van der Waals surface area contributed by atoms with E-state index in [9.17, 15) is 4.79 Å². The lowest BCUT2D eigenvalue weighted by Gasteiger charge is -2.28. The molecule has 6 heteroatoms. The van der Waals surface area contributed by atoms with Crippen LogP contribution in [0.15, 0.2) is 30.3 Å². The second kappa shape index (κ2) is 10.1. The number of rotatable bonds is 8. The van der Waals surface area contributed by atoms with Crippen molar-refractivity contribution in [3.05, 3.63) is 41.7 Å². The Hall–Kier alpha value is -2.63. The third-order valence-electron chi connectivity index (χ3n) is 5.00. The summed E-state index contributed by atoms with van der Waals surface area (Å²) in [5, 5.41) is 6.16. The number of hydrogen-bond donors (Lipinski definition) is 2. The largest absolute Gasteiger partial charge is 0.372 e. The van der Waals surface area contributed by atoms with E-state index in [-0.39, 0.29) is 5.91 Å². The van der Waals surface area contributed by atoms with Crippen LogP contribution in [0.5, 0.6) is 0 Å². The van der Waals surface area contributed by atoms with E-state index >= 15 is 0 Å². The van der Waals surface area contributed by atoms with Crippen molar-refractivity contribution in [1.29, 1.82) is 0 Å². The number of aromatic nitrogens is 2. The molecule has 1 fully saturated rings. The molecule has 1 saturated heterocycles. The van der Waals surface area contributed by atoms with E-state index < -0.39 is 0 Å². The first-order valence-corrected chi connectivity index (χ1v) is 10.4. The minimum atomic E-state index is -0.148. The summed E-state index contributed by atoms with van der Waals surface area (Å²) in [4.78, 5) is 23.6. The van der Waals surface area contributed by atoms with Gasteiger partial charge in [-0.1, -0.05) is 19.8 Å². The first-order chi connectivity index (χ1) is 13.7. The average molecular weight is 382 g/mol. The van der Waals surface area contributed by atoms with E-state index in [1.165, 1.54) is 24.9 Å². The zero-order valence-corrected chi connectivity index (χ0v) is 17.0. The van der Waals surface area contributed by atoms with Crippen molar-refractivity contribution in [3.8, 4) is 0 Å². The topological polar surface area (TPSA) is 70.2 Å². The van der Waals surface area contributed by atoms with Gasteiger partial charge in [0.05, 0.1) is 0 Å². The van der Waals surface area contributed by atoms with Crippen LogP contribution in [0.25, 0.3) is 0 Å². The van der Waals surface area contributed by atoms with Crippen LogP contribution in [-0.2, 0) is 0 Å². The number of unbranched alkanes of at least 4 members (excludes halogenated alkanes) is 2. The molecule has 0 unspecified atom stereocenters. The second-order valence-electron chi connectivity index (χ2n) is 7.40. The number of benzene rings is 1. The molecule has 1 aromatic carbocycles. The van der Waals surface area contributed by atoms with E-state index in [1.54, 1.807) is 6.07 Å². The van der Waals surface area contributed by atoms with Crippen LogP contribution < -0.4 is 15.5 Å². The van der Waals surface area contributed by atoms with Gasteiger partial charge in [0.1, 0.15) is 5.69 Å². The molecule has 1 aliphatic rings. The van der Waals surface area contributed by atoms with Crippen LogP contribution in [0, 0.1) is 6.92 Å². The third-order valence-corrected chi connectivity index (χ3v) is 5.00. The van der Waals surface area contributed by atoms with Gasteiger partial charge in [-0.15, -0.1) is 0 Å². The average Bonchev–Trinajstić information content (AvgIpc) is 2.72. The van der Waals surface area contributed by atoms with Gasteiger partial charge in [-0.25, -0.2) is 9.97 Å². The maximum atomic E-state index is 12.3. The smallest absolute Gasteiger partial charge is 0.270 e. The maximum Gasteiger partial charge on any atom is 0.270 e. The number of amides is 1. The van der Waals surface area contributed by atoms with Crippen molar-refractivity contribution in [2.24, 2.45) is 0 Å². The lowest BCUT2D eigenvalue weighted by Crippen LogP contribution is -2.29. The van der Waals surface area contributed by atoms with Crippen molar-refractivity contribution < 1.29 is 4.79 Å². The fourth-order valence-electron chi connectivity index (χ4n) is 3.45. The van der Waals surface area contributed by atoms with Gasteiger partial charge in [-0.3, -0.25) is 4.79 Å².